The molecule has 1 aromatic carbocycles. The van der Waals surface area contributed by atoms with Gasteiger partial charge in [-0.15, -0.1) is 0 Å². The van der Waals surface area contributed by atoms with Gasteiger partial charge in [-0.05, 0) is 54.8 Å². The van der Waals surface area contributed by atoms with E-state index in [1.165, 1.54) is 4.31 Å². The first kappa shape index (κ1) is 17.6. The zero-order valence-electron chi connectivity index (χ0n) is 12.4. The molecule has 0 saturated carbocycles. The van der Waals surface area contributed by atoms with Crippen molar-refractivity contribution < 1.29 is 8.42 Å². The third kappa shape index (κ3) is 4.53. The van der Waals surface area contributed by atoms with Crippen LogP contribution in [0, 0.1) is 0 Å². The number of halogens is 1. The molecule has 114 valence electrons. The van der Waals surface area contributed by atoms with Gasteiger partial charge in [-0.1, -0.05) is 6.07 Å². The molecule has 1 N–H and O–H groups in total. The summed E-state index contributed by atoms with van der Waals surface area (Å²) in [5, 5.41) is 3.04. The molecule has 0 atom stereocenters. The van der Waals surface area contributed by atoms with Crippen molar-refractivity contribution >= 4 is 26.0 Å². The van der Waals surface area contributed by atoms with Crippen molar-refractivity contribution in [3.05, 3.63) is 28.2 Å². The molecule has 1 rings (SSSR count). The minimum Gasteiger partial charge on any atom is -0.316 e. The molecule has 0 fully saturated rings. The summed E-state index contributed by atoms with van der Waals surface area (Å²) in [6, 6.07) is 5.31. The van der Waals surface area contributed by atoms with Gasteiger partial charge >= 0.3 is 0 Å². The number of nitrogens with zero attached hydrogens (tertiary/aromatic N) is 2. The Morgan fingerprint density at radius 3 is 2.35 bits per heavy atom. The van der Waals surface area contributed by atoms with Crippen LogP contribution < -0.4 is 5.32 Å². The van der Waals surface area contributed by atoms with E-state index in [0.29, 0.717) is 29.0 Å². The highest BCUT2D eigenvalue weighted by atomic mass is 79.9. The highest BCUT2D eigenvalue weighted by molar-refractivity contribution is 9.10. The number of hydrogen-bond acceptors (Lipinski definition) is 4. The van der Waals surface area contributed by atoms with Gasteiger partial charge < -0.3 is 10.2 Å². The van der Waals surface area contributed by atoms with Gasteiger partial charge in [0, 0.05) is 31.2 Å². The van der Waals surface area contributed by atoms with Crippen molar-refractivity contribution in [1.29, 1.82) is 0 Å². The molecule has 0 unspecified atom stereocenters. The third-order valence-corrected chi connectivity index (χ3v) is 5.76. The minimum atomic E-state index is -3.46. The SMILES string of the molecule is CNCc1ccc(S(=O)(=O)N(C)CCN(C)C)c(Br)c1. The lowest BCUT2D eigenvalue weighted by molar-refractivity contribution is 0.358. The van der Waals surface area contributed by atoms with Crippen LogP contribution >= 0.6 is 15.9 Å². The average molecular weight is 364 g/mol. The standard InChI is InChI=1S/C13H22BrN3O2S/c1-15-10-11-5-6-13(12(14)9-11)20(18,19)17(4)8-7-16(2)3/h5-6,9,15H,7-8,10H2,1-4H3. The number of likely N-dealkylation sites (N-methyl/N-ethyl adjacent to an activating group) is 2. The summed E-state index contributed by atoms with van der Waals surface area (Å²) in [4.78, 5) is 2.26. The second kappa shape index (κ2) is 7.51. The predicted octanol–water partition coefficient (Wildman–Crippen LogP) is 1.35. The predicted molar refractivity (Wildman–Crippen MR) is 85.3 cm³/mol. The van der Waals surface area contributed by atoms with E-state index >= 15 is 0 Å². The van der Waals surface area contributed by atoms with E-state index < -0.39 is 10.0 Å². The highest BCUT2D eigenvalue weighted by Crippen LogP contribution is 2.25. The lowest BCUT2D eigenvalue weighted by atomic mass is 10.2. The van der Waals surface area contributed by atoms with Crippen LogP contribution in [0.5, 0.6) is 0 Å². The molecule has 0 bridgehead atoms. The monoisotopic (exact) mass is 363 g/mol. The summed E-state index contributed by atoms with van der Waals surface area (Å²) >= 11 is 3.36. The summed E-state index contributed by atoms with van der Waals surface area (Å²) in [5.74, 6) is 0. The quantitative estimate of drug-likeness (QED) is 0.794. The van der Waals surface area contributed by atoms with Gasteiger partial charge in [0.1, 0.15) is 0 Å². The van der Waals surface area contributed by atoms with Crippen LogP contribution in [0.15, 0.2) is 27.6 Å². The number of benzene rings is 1. The van der Waals surface area contributed by atoms with Crippen LogP contribution in [0.2, 0.25) is 0 Å². The second-order valence-corrected chi connectivity index (χ2v) is 7.79. The summed E-state index contributed by atoms with van der Waals surface area (Å²) in [6.07, 6.45) is 0. The van der Waals surface area contributed by atoms with Crippen molar-refractivity contribution in [1.82, 2.24) is 14.5 Å². The van der Waals surface area contributed by atoms with Crippen LogP contribution in [0.4, 0.5) is 0 Å². The van der Waals surface area contributed by atoms with Crippen molar-refractivity contribution in [2.45, 2.75) is 11.4 Å². The highest BCUT2D eigenvalue weighted by Gasteiger charge is 2.23. The third-order valence-electron chi connectivity index (χ3n) is 2.93. The lowest BCUT2D eigenvalue weighted by Crippen LogP contribution is -2.33. The van der Waals surface area contributed by atoms with E-state index in [-0.39, 0.29) is 0 Å². The van der Waals surface area contributed by atoms with Gasteiger partial charge in [0.25, 0.3) is 0 Å². The Morgan fingerprint density at radius 1 is 1.20 bits per heavy atom. The Hall–Kier alpha value is -0.470. The summed E-state index contributed by atoms with van der Waals surface area (Å²) < 4.78 is 27.0. The fraction of sp³-hybridized carbons (Fsp3) is 0.538. The number of sulfonamides is 1. The Kier molecular flexibility index (Phi) is 6.60. The summed E-state index contributed by atoms with van der Waals surface area (Å²) in [7, 11) is 3.84. The maximum absolute atomic E-state index is 12.5. The molecule has 0 aliphatic rings. The molecular weight excluding hydrogens is 342 g/mol. The summed E-state index contributed by atoms with van der Waals surface area (Å²) in [5.41, 5.74) is 1.04. The van der Waals surface area contributed by atoms with Gasteiger partial charge in [0.15, 0.2) is 0 Å². The molecule has 20 heavy (non-hydrogen) atoms. The Bertz CT molecular complexity index is 547. The van der Waals surface area contributed by atoms with Gasteiger partial charge in [-0.25, -0.2) is 8.42 Å². The van der Waals surface area contributed by atoms with E-state index in [1.54, 1.807) is 13.1 Å². The minimum absolute atomic E-state index is 0.304. The molecule has 0 aliphatic heterocycles. The van der Waals surface area contributed by atoms with Crippen LogP contribution in [-0.2, 0) is 16.6 Å². The zero-order valence-corrected chi connectivity index (χ0v) is 14.8. The van der Waals surface area contributed by atoms with Crippen molar-refractivity contribution in [2.24, 2.45) is 0 Å². The van der Waals surface area contributed by atoms with Gasteiger partial charge in [-0.2, -0.15) is 4.31 Å². The van der Waals surface area contributed by atoms with Crippen molar-refractivity contribution in [2.75, 3.05) is 41.3 Å². The van der Waals surface area contributed by atoms with Crippen LogP contribution in [0.3, 0.4) is 0 Å². The molecule has 7 heteroatoms. The first-order valence-electron chi connectivity index (χ1n) is 6.33. The maximum Gasteiger partial charge on any atom is 0.243 e. The maximum atomic E-state index is 12.5. The normalized spacial score (nSPS) is 12.3. The van der Waals surface area contributed by atoms with E-state index in [1.807, 2.05) is 38.2 Å². The van der Waals surface area contributed by atoms with Gasteiger partial charge in [0.05, 0.1) is 4.90 Å². The molecule has 1 aromatic rings. The molecule has 0 spiro atoms. The van der Waals surface area contributed by atoms with Crippen LogP contribution in [0.1, 0.15) is 5.56 Å². The Balaban J connectivity index is 2.97. The molecule has 0 heterocycles. The van der Waals surface area contributed by atoms with E-state index in [4.69, 9.17) is 0 Å². The summed E-state index contributed by atoms with van der Waals surface area (Å²) in [6.45, 7) is 1.85. The zero-order chi connectivity index (χ0) is 15.3. The van der Waals surface area contributed by atoms with E-state index in [2.05, 4.69) is 21.2 Å². The van der Waals surface area contributed by atoms with Crippen molar-refractivity contribution in [3.63, 3.8) is 0 Å². The van der Waals surface area contributed by atoms with Crippen LogP contribution in [0.25, 0.3) is 0 Å². The Morgan fingerprint density at radius 2 is 1.85 bits per heavy atom. The second-order valence-electron chi connectivity index (χ2n) is 4.92. The van der Waals surface area contributed by atoms with E-state index in [0.717, 1.165) is 5.56 Å². The molecule has 0 aliphatic carbocycles. The van der Waals surface area contributed by atoms with Crippen LogP contribution in [-0.4, -0.2) is 58.9 Å². The van der Waals surface area contributed by atoms with Crippen molar-refractivity contribution in [3.8, 4) is 0 Å². The first-order chi connectivity index (χ1) is 9.28. The van der Waals surface area contributed by atoms with E-state index in [9.17, 15) is 8.42 Å². The fourth-order valence-electron chi connectivity index (χ4n) is 1.70. The van der Waals surface area contributed by atoms with Gasteiger partial charge in [0.2, 0.25) is 10.0 Å². The van der Waals surface area contributed by atoms with Gasteiger partial charge in [-0.3, -0.25) is 0 Å². The molecular formula is C13H22BrN3O2S. The molecule has 0 saturated heterocycles. The smallest absolute Gasteiger partial charge is 0.243 e. The number of nitrogens with one attached hydrogen (secondary N) is 1. The molecule has 0 aromatic heterocycles. The molecule has 0 radical (unpaired) electrons. The average Bonchev–Trinajstić information content (AvgIpc) is 2.35. The fourth-order valence-corrected chi connectivity index (χ4v) is 3.94. The topological polar surface area (TPSA) is 52.7 Å². The first-order valence-corrected chi connectivity index (χ1v) is 8.56. The molecule has 5 nitrogen and oxygen atoms in total. The lowest BCUT2D eigenvalue weighted by Gasteiger charge is -2.20. The Labute approximate surface area is 130 Å². The number of hydrogen-bond donors (Lipinski definition) is 1. The molecule has 0 amide bonds. The number of rotatable bonds is 7. The largest absolute Gasteiger partial charge is 0.316 e.